The van der Waals surface area contributed by atoms with Crippen molar-refractivity contribution in [3.05, 3.63) is 27.9 Å². The number of piperidine rings is 2. The molecule has 0 radical (unpaired) electrons. The summed E-state index contributed by atoms with van der Waals surface area (Å²) in [5.74, 6) is 0. The Kier molecular flexibility index (Phi) is 5.42. The van der Waals surface area contributed by atoms with E-state index in [4.69, 9.17) is 0 Å². The van der Waals surface area contributed by atoms with Gasteiger partial charge in [-0.2, -0.15) is 4.31 Å². The number of thiazole rings is 1. The van der Waals surface area contributed by atoms with Gasteiger partial charge in [0.25, 0.3) is 0 Å². The van der Waals surface area contributed by atoms with Crippen molar-refractivity contribution in [1.82, 2.24) is 13.8 Å². The highest BCUT2D eigenvalue weighted by Gasteiger charge is 2.34. The van der Waals surface area contributed by atoms with Gasteiger partial charge >= 0.3 is 4.87 Å². The number of benzene rings is 1. The highest BCUT2D eigenvalue weighted by molar-refractivity contribution is 7.89. The Morgan fingerprint density at radius 3 is 2.59 bits per heavy atom. The van der Waals surface area contributed by atoms with E-state index in [-0.39, 0.29) is 10.9 Å². The first-order chi connectivity index (χ1) is 13.0. The minimum Gasteiger partial charge on any atom is -0.302 e. The predicted molar refractivity (Wildman–Crippen MR) is 109 cm³/mol. The summed E-state index contributed by atoms with van der Waals surface area (Å²) in [5, 5.41) is 0. The van der Waals surface area contributed by atoms with Gasteiger partial charge in [-0.05, 0) is 57.0 Å². The fourth-order valence-electron chi connectivity index (χ4n) is 4.32. The van der Waals surface area contributed by atoms with E-state index < -0.39 is 10.0 Å². The highest BCUT2D eigenvalue weighted by atomic mass is 32.2. The quantitative estimate of drug-likeness (QED) is 0.779. The zero-order chi connectivity index (χ0) is 19.0. The van der Waals surface area contributed by atoms with E-state index >= 15 is 0 Å². The molecule has 0 saturated carbocycles. The molecule has 1 atom stereocenters. The van der Waals surface area contributed by atoms with Crippen LogP contribution < -0.4 is 4.87 Å². The van der Waals surface area contributed by atoms with Crippen LogP contribution in [0, 0.1) is 0 Å². The number of fused-ring (bicyclic) bond motifs is 1. The second-order valence-corrected chi connectivity index (χ2v) is 10.6. The Hall–Kier alpha value is -1.22. The van der Waals surface area contributed by atoms with Gasteiger partial charge in [0.15, 0.2) is 0 Å². The van der Waals surface area contributed by atoms with Gasteiger partial charge in [-0.25, -0.2) is 8.42 Å². The normalized spacial score (nSPS) is 23.1. The monoisotopic (exact) mass is 409 g/mol. The average Bonchev–Trinajstić information content (AvgIpc) is 2.96. The van der Waals surface area contributed by atoms with Crippen molar-refractivity contribution < 1.29 is 8.42 Å². The lowest BCUT2D eigenvalue weighted by atomic mass is 10.0. The zero-order valence-electron chi connectivity index (χ0n) is 15.8. The van der Waals surface area contributed by atoms with E-state index in [1.54, 1.807) is 34.1 Å². The van der Waals surface area contributed by atoms with E-state index in [0.717, 1.165) is 60.5 Å². The molecule has 2 fully saturated rings. The standard InChI is InChI=1S/C19H27N3O3S2/c1-20-17-9-8-16(13-18(17)26-19(20)23)27(24,25)22-12-6-3-7-15(22)14-21-10-4-2-5-11-21/h8-9,13,15H,2-7,10-12,14H2,1H3. The van der Waals surface area contributed by atoms with Gasteiger partial charge in [0.1, 0.15) is 0 Å². The summed E-state index contributed by atoms with van der Waals surface area (Å²) in [6.45, 7) is 3.58. The van der Waals surface area contributed by atoms with Crippen molar-refractivity contribution in [3.63, 3.8) is 0 Å². The Morgan fingerprint density at radius 2 is 1.81 bits per heavy atom. The number of rotatable bonds is 4. The molecule has 1 aromatic carbocycles. The van der Waals surface area contributed by atoms with E-state index in [1.807, 2.05) is 0 Å². The summed E-state index contributed by atoms with van der Waals surface area (Å²) in [6.07, 6.45) is 6.63. The van der Waals surface area contributed by atoms with Crippen LogP contribution in [0.4, 0.5) is 0 Å². The Balaban J connectivity index is 1.63. The zero-order valence-corrected chi connectivity index (χ0v) is 17.4. The van der Waals surface area contributed by atoms with Crippen LogP contribution in [-0.2, 0) is 17.1 Å². The summed E-state index contributed by atoms with van der Waals surface area (Å²) in [5.41, 5.74) is 0.785. The lowest BCUT2D eigenvalue weighted by molar-refractivity contribution is 0.150. The number of nitrogens with zero attached hydrogens (tertiary/aromatic N) is 3. The lowest BCUT2D eigenvalue weighted by Gasteiger charge is -2.38. The molecule has 27 heavy (non-hydrogen) atoms. The summed E-state index contributed by atoms with van der Waals surface area (Å²) in [4.78, 5) is 14.6. The molecule has 0 aliphatic carbocycles. The van der Waals surface area contributed by atoms with Gasteiger partial charge in [-0.1, -0.05) is 24.2 Å². The maximum atomic E-state index is 13.4. The fourth-order valence-corrected chi connectivity index (χ4v) is 7.03. The maximum absolute atomic E-state index is 13.4. The molecule has 148 valence electrons. The largest absolute Gasteiger partial charge is 0.307 e. The smallest absolute Gasteiger partial charge is 0.302 e. The molecule has 2 saturated heterocycles. The van der Waals surface area contributed by atoms with Crippen LogP contribution in [-0.4, -0.2) is 54.4 Å². The van der Waals surface area contributed by atoms with Crippen LogP contribution in [0.3, 0.4) is 0 Å². The molecule has 0 spiro atoms. The molecule has 6 nitrogen and oxygen atoms in total. The van der Waals surface area contributed by atoms with Crippen LogP contribution >= 0.6 is 11.3 Å². The molecular formula is C19H27N3O3S2. The fraction of sp³-hybridized carbons (Fsp3) is 0.632. The van der Waals surface area contributed by atoms with Crippen molar-refractivity contribution in [3.8, 4) is 0 Å². The number of hydrogen-bond donors (Lipinski definition) is 0. The van der Waals surface area contributed by atoms with Crippen molar-refractivity contribution in [2.75, 3.05) is 26.2 Å². The van der Waals surface area contributed by atoms with E-state index in [2.05, 4.69) is 4.90 Å². The number of aromatic nitrogens is 1. The third-order valence-electron chi connectivity index (χ3n) is 5.86. The van der Waals surface area contributed by atoms with Crippen LogP contribution in [0.2, 0.25) is 0 Å². The Labute approximate surface area is 164 Å². The minimum atomic E-state index is -3.55. The van der Waals surface area contributed by atoms with Gasteiger partial charge in [-0.3, -0.25) is 4.79 Å². The van der Waals surface area contributed by atoms with Crippen LogP contribution in [0.25, 0.3) is 10.2 Å². The Morgan fingerprint density at radius 1 is 1.07 bits per heavy atom. The van der Waals surface area contributed by atoms with Gasteiger partial charge in [0, 0.05) is 26.2 Å². The number of hydrogen-bond acceptors (Lipinski definition) is 5. The Bertz CT molecular complexity index is 974. The molecule has 3 heterocycles. The first-order valence-electron chi connectivity index (χ1n) is 9.80. The molecule has 2 aliphatic heterocycles. The molecule has 8 heteroatoms. The average molecular weight is 410 g/mol. The van der Waals surface area contributed by atoms with E-state index in [0.29, 0.717) is 11.4 Å². The van der Waals surface area contributed by atoms with Crippen molar-refractivity contribution >= 4 is 31.6 Å². The third kappa shape index (κ3) is 3.72. The number of sulfonamides is 1. The SMILES string of the molecule is Cn1c(=O)sc2cc(S(=O)(=O)N3CCCCC3CN3CCCCC3)ccc21. The maximum Gasteiger partial charge on any atom is 0.307 e. The molecule has 0 N–H and O–H groups in total. The summed E-state index contributed by atoms with van der Waals surface area (Å²) in [7, 11) is -1.84. The predicted octanol–water partition coefficient (Wildman–Crippen LogP) is 2.63. The van der Waals surface area contributed by atoms with Gasteiger partial charge in [-0.15, -0.1) is 0 Å². The highest BCUT2D eigenvalue weighted by Crippen LogP contribution is 2.29. The molecule has 0 bridgehead atoms. The summed E-state index contributed by atoms with van der Waals surface area (Å²) in [6, 6.07) is 5.12. The van der Waals surface area contributed by atoms with Gasteiger partial charge < -0.3 is 9.47 Å². The molecule has 1 unspecified atom stereocenters. The van der Waals surface area contributed by atoms with E-state index in [9.17, 15) is 13.2 Å². The molecule has 4 rings (SSSR count). The lowest BCUT2D eigenvalue weighted by Crippen LogP contribution is -2.50. The van der Waals surface area contributed by atoms with Gasteiger partial charge in [0.2, 0.25) is 10.0 Å². The van der Waals surface area contributed by atoms with Crippen LogP contribution in [0.5, 0.6) is 0 Å². The first kappa shape index (κ1) is 19.1. The third-order valence-corrected chi connectivity index (χ3v) is 8.80. The van der Waals surface area contributed by atoms with Crippen molar-refractivity contribution in [1.29, 1.82) is 0 Å². The van der Waals surface area contributed by atoms with Crippen molar-refractivity contribution in [2.45, 2.75) is 49.5 Å². The number of aryl methyl sites for hydroxylation is 1. The topological polar surface area (TPSA) is 62.6 Å². The minimum absolute atomic E-state index is 0.0482. The molecule has 2 aliphatic rings. The molecular weight excluding hydrogens is 382 g/mol. The molecule has 2 aromatic rings. The molecule has 0 amide bonds. The van der Waals surface area contributed by atoms with Crippen LogP contribution in [0.15, 0.2) is 27.9 Å². The van der Waals surface area contributed by atoms with Crippen LogP contribution in [0.1, 0.15) is 38.5 Å². The summed E-state index contributed by atoms with van der Waals surface area (Å²) < 4.78 is 30.8. The second-order valence-electron chi connectivity index (χ2n) is 7.68. The molecule has 1 aromatic heterocycles. The number of likely N-dealkylation sites (tertiary alicyclic amines) is 1. The first-order valence-corrected chi connectivity index (χ1v) is 12.1. The van der Waals surface area contributed by atoms with E-state index in [1.165, 1.54) is 19.3 Å². The second kappa shape index (κ2) is 7.66. The summed E-state index contributed by atoms with van der Waals surface area (Å²) >= 11 is 1.10. The van der Waals surface area contributed by atoms with Crippen molar-refractivity contribution in [2.24, 2.45) is 7.05 Å². The van der Waals surface area contributed by atoms with Gasteiger partial charge in [0.05, 0.1) is 15.1 Å².